The predicted molar refractivity (Wildman–Crippen MR) is 63.0 cm³/mol. The number of hydrogen-bond donors (Lipinski definition) is 2. The normalized spacial score (nSPS) is 11.9. The smallest absolute Gasteiger partial charge is 0.430 e. The number of alkyl halides is 3. The van der Waals surface area contributed by atoms with Gasteiger partial charge in [0.05, 0.1) is 7.11 Å². The van der Waals surface area contributed by atoms with Gasteiger partial charge in [-0.15, -0.1) is 0 Å². The molecule has 6 nitrogen and oxygen atoms in total. The van der Waals surface area contributed by atoms with Crippen molar-refractivity contribution in [3.8, 4) is 0 Å². The Bertz CT molecular complexity index is 452. The van der Waals surface area contributed by atoms with Crippen LogP contribution in [0.3, 0.4) is 0 Å². The summed E-state index contributed by atoms with van der Waals surface area (Å²) in [5.41, 5.74) is 7.12. The van der Waals surface area contributed by atoms with E-state index in [2.05, 4.69) is 16.1 Å². The molecule has 0 heterocycles. The number of halogens is 3. The van der Waals surface area contributed by atoms with Crippen LogP contribution in [0.1, 0.15) is 5.56 Å². The molecule has 1 aromatic carbocycles. The van der Waals surface area contributed by atoms with Gasteiger partial charge in [0.2, 0.25) is 0 Å². The monoisotopic (exact) mass is 308 g/mol. The van der Waals surface area contributed by atoms with Crippen molar-refractivity contribution < 1.29 is 38.4 Å². The zero-order valence-corrected chi connectivity index (χ0v) is 11.1. The number of carbonyl (C=O) groups is 2. The maximum atomic E-state index is 11.2. The van der Waals surface area contributed by atoms with Gasteiger partial charge in [0, 0.05) is 6.42 Å². The van der Waals surface area contributed by atoms with Crippen LogP contribution in [0.15, 0.2) is 30.3 Å². The van der Waals surface area contributed by atoms with E-state index in [-0.39, 0.29) is 11.9 Å². The molecule has 0 saturated heterocycles. The van der Waals surface area contributed by atoms with Gasteiger partial charge in [-0.25, -0.2) is 5.48 Å². The van der Waals surface area contributed by atoms with Crippen molar-refractivity contribution in [3.05, 3.63) is 35.9 Å². The average Bonchev–Trinajstić information content (AvgIpc) is 2.39. The molecule has 9 heteroatoms. The Morgan fingerprint density at radius 1 is 1.33 bits per heavy atom. The Balaban J connectivity index is 0.000000486. The second-order valence-corrected chi connectivity index (χ2v) is 3.84. The minimum absolute atomic E-state index is 0.198. The first-order chi connectivity index (χ1) is 9.68. The van der Waals surface area contributed by atoms with E-state index < -0.39 is 12.1 Å². The Kier molecular flexibility index (Phi) is 8.02. The number of carboxylic acid groups (broad SMARTS) is 1. The molecule has 0 aromatic heterocycles. The van der Waals surface area contributed by atoms with Gasteiger partial charge in [-0.1, -0.05) is 30.3 Å². The number of hydroxylamine groups is 1. The molecule has 1 rings (SSSR count). The summed E-state index contributed by atoms with van der Waals surface area (Å²) in [5.74, 6) is -3.20. The van der Waals surface area contributed by atoms with Crippen LogP contribution in [0.25, 0.3) is 0 Å². The molecule has 0 bridgehead atoms. The summed E-state index contributed by atoms with van der Waals surface area (Å²) in [6, 6.07) is 9.44. The van der Waals surface area contributed by atoms with E-state index in [4.69, 9.17) is 9.90 Å². The molecule has 1 atom stereocenters. The third-order valence-electron chi connectivity index (χ3n) is 2.13. The van der Waals surface area contributed by atoms with Crippen LogP contribution in [0.5, 0.6) is 0 Å². The number of hydrogen-bond acceptors (Lipinski definition) is 4. The van der Waals surface area contributed by atoms with E-state index >= 15 is 0 Å². The standard InChI is InChI=1S/C10H14N2O2.C2HF3O2/c1-14-12-10(13)9(11)7-8-5-3-2-4-6-8;3-2(4,5)1(6)7/h2-6,9H,7,11H2,1H3,(H,12,13);(H,6,7). The van der Waals surface area contributed by atoms with Crippen LogP contribution in [0.4, 0.5) is 13.2 Å². The lowest BCUT2D eigenvalue weighted by molar-refractivity contribution is -0.404. The number of quaternary nitrogens is 1. The van der Waals surface area contributed by atoms with Crippen molar-refractivity contribution >= 4 is 11.9 Å². The Morgan fingerprint density at radius 2 is 1.81 bits per heavy atom. The largest absolute Gasteiger partial charge is 0.542 e. The second kappa shape index (κ2) is 8.93. The maximum absolute atomic E-state index is 11.2. The van der Waals surface area contributed by atoms with Crippen molar-refractivity contribution in [2.24, 2.45) is 0 Å². The summed E-state index contributed by atoms with van der Waals surface area (Å²) in [6.07, 6.45) is -4.57. The summed E-state index contributed by atoms with van der Waals surface area (Å²) in [4.78, 5) is 24.6. The zero-order chi connectivity index (χ0) is 16.5. The van der Waals surface area contributed by atoms with Crippen molar-refractivity contribution in [2.75, 3.05) is 7.11 Å². The number of nitrogens with one attached hydrogen (secondary N) is 1. The van der Waals surface area contributed by atoms with Crippen LogP contribution in [0.2, 0.25) is 0 Å². The number of benzene rings is 1. The van der Waals surface area contributed by atoms with E-state index in [0.29, 0.717) is 6.42 Å². The highest BCUT2D eigenvalue weighted by molar-refractivity contribution is 5.79. The van der Waals surface area contributed by atoms with Gasteiger partial charge in [0.15, 0.2) is 6.04 Å². The lowest BCUT2D eigenvalue weighted by Crippen LogP contribution is -2.68. The predicted octanol–water partition coefficient (Wildman–Crippen LogP) is -1.18. The van der Waals surface area contributed by atoms with Gasteiger partial charge in [-0.2, -0.15) is 13.2 Å². The number of amides is 1. The third kappa shape index (κ3) is 8.60. The molecule has 0 aliphatic heterocycles. The lowest BCUT2D eigenvalue weighted by Gasteiger charge is -2.07. The fraction of sp³-hybridized carbons (Fsp3) is 0.333. The molecular weight excluding hydrogens is 293 g/mol. The molecule has 1 aromatic rings. The van der Waals surface area contributed by atoms with Gasteiger partial charge in [-0.3, -0.25) is 9.63 Å². The Hall–Kier alpha value is -2.13. The maximum Gasteiger partial charge on any atom is 0.430 e. The lowest BCUT2D eigenvalue weighted by atomic mass is 10.1. The molecule has 1 amide bonds. The summed E-state index contributed by atoms with van der Waals surface area (Å²) in [7, 11) is 1.41. The minimum Gasteiger partial charge on any atom is -0.542 e. The van der Waals surface area contributed by atoms with Crippen LogP contribution in [-0.2, 0) is 20.8 Å². The van der Waals surface area contributed by atoms with E-state index in [1.54, 1.807) is 0 Å². The molecule has 0 aliphatic carbocycles. The van der Waals surface area contributed by atoms with Crippen molar-refractivity contribution in [1.29, 1.82) is 0 Å². The molecule has 21 heavy (non-hydrogen) atoms. The fourth-order valence-electron chi connectivity index (χ4n) is 1.18. The Labute approximate surface area is 118 Å². The molecule has 0 saturated carbocycles. The van der Waals surface area contributed by atoms with Crippen molar-refractivity contribution in [3.63, 3.8) is 0 Å². The SMILES string of the molecule is CONC(=O)C([NH3+])Cc1ccccc1.O=C([O-])C(F)(F)F. The first-order valence-electron chi connectivity index (χ1n) is 5.66. The highest BCUT2D eigenvalue weighted by Crippen LogP contribution is 2.11. The Morgan fingerprint density at radius 3 is 2.19 bits per heavy atom. The summed E-state index contributed by atoms with van der Waals surface area (Å²) in [6.45, 7) is 0. The molecule has 0 fully saturated rings. The third-order valence-corrected chi connectivity index (χ3v) is 2.13. The van der Waals surface area contributed by atoms with Crippen LogP contribution in [-0.4, -0.2) is 31.2 Å². The van der Waals surface area contributed by atoms with Gasteiger partial charge < -0.3 is 15.6 Å². The van der Waals surface area contributed by atoms with Gasteiger partial charge in [0.1, 0.15) is 5.97 Å². The number of carboxylic acids is 1. The first-order valence-corrected chi connectivity index (χ1v) is 5.66. The van der Waals surface area contributed by atoms with E-state index in [1.165, 1.54) is 7.11 Å². The molecule has 4 N–H and O–H groups in total. The van der Waals surface area contributed by atoms with Crippen LogP contribution < -0.4 is 16.3 Å². The van der Waals surface area contributed by atoms with Crippen molar-refractivity contribution in [1.82, 2.24) is 5.48 Å². The van der Waals surface area contributed by atoms with E-state index in [9.17, 15) is 18.0 Å². The molecule has 0 spiro atoms. The average molecular weight is 308 g/mol. The van der Waals surface area contributed by atoms with E-state index in [0.717, 1.165) is 5.56 Å². The molecule has 0 aliphatic rings. The first kappa shape index (κ1) is 18.9. The van der Waals surface area contributed by atoms with Gasteiger partial charge in [-0.05, 0) is 5.56 Å². The number of aliphatic carboxylic acids is 1. The summed E-state index contributed by atoms with van der Waals surface area (Å²) in [5, 5.41) is 8.78. The summed E-state index contributed by atoms with van der Waals surface area (Å²) < 4.78 is 31.5. The number of rotatable bonds is 4. The molecule has 118 valence electrons. The van der Waals surface area contributed by atoms with Crippen LogP contribution in [0, 0.1) is 0 Å². The van der Waals surface area contributed by atoms with Crippen LogP contribution >= 0.6 is 0 Å². The summed E-state index contributed by atoms with van der Waals surface area (Å²) >= 11 is 0. The zero-order valence-electron chi connectivity index (χ0n) is 11.1. The van der Waals surface area contributed by atoms with E-state index in [1.807, 2.05) is 30.3 Å². The van der Waals surface area contributed by atoms with Gasteiger partial charge in [0.25, 0.3) is 0 Å². The van der Waals surface area contributed by atoms with Crippen molar-refractivity contribution in [2.45, 2.75) is 18.6 Å². The molecule has 0 radical (unpaired) electrons. The second-order valence-electron chi connectivity index (χ2n) is 3.84. The topological polar surface area (TPSA) is 106 Å². The highest BCUT2D eigenvalue weighted by Gasteiger charge is 2.28. The fourth-order valence-corrected chi connectivity index (χ4v) is 1.18. The minimum atomic E-state index is -5.19. The van der Waals surface area contributed by atoms with Gasteiger partial charge >= 0.3 is 12.1 Å². The quantitative estimate of drug-likeness (QED) is 0.683. The number of carbonyl (C=O) groups excluding carboxylic acids is 2. The molecule has 1 unspecified atom stereocenters. The highest BCUT2D eigenvalue weighted by atomic mass is 19.4. The molecular formula is C12H15F3N2O4.